The van der Waals surface area contributed by atoms with Gasteiger partial charge in [-0.2, -0.15) is 0 Å². The van der Waals surface area contributed by atoms with E-state index in [1.54, 1.807) is 12.3 Å². The molecular weight excluding hydrogens is 146 g/mol. The Morgan fingerprint density at radius 2 is 1.83 bits per heavy atom. The molecule has 0 bridgehead atoms. The molecule has 1 heteroatoms. The molecule has 0 fully saturated rings. The zero-order valence-electron chi connectivity index (χ0n) is 8.96. The van der Waals surface area contributed by atoms with Crippen molar-refractivity contribution in [3.63, 3.8) is 0 Å². The van der Waals surface area contributed by atoms with E-state index in [4.69, 9.17) is 0 Å². The van der Waals surface area contributed by atoms with Gasteiger partial charge < -0.3 is 0 Å². The van der Waals surface area contributed by atoms with E-state index in [1.165, 1.54) is 0 Å². The summed E-state index contributed by atoms with van der Waals surface area (Å²) in [6.45, 7) is 13.8. The fraction of sp³-hybridized carbons (Fsp3) is 0.545. The van der Waals surface area contributed by atoms with Crippen LogP contribution in [0.25, 0.3) is 0 Å². The van der Waals surface area contributed by atoms with Crippen LogP contribution in [0, 0.1) is 5.92 Å². The fourth-order valence-electron chi connectivity index (χ4n) is 0.371. The highest BCUT2D eigenvalue weighted by Gasteiger charge is 1.93. The van der Waals surface area contributed by atoms with E-state index in [1.807, 2.05) is 26.8 Å². The van der Waals surface area contributed by atoms with Gasteiger partial charge in [0.1, 0.15) is 0 Å². The Balaban J connectivity index is 0. The predicted octanol–water partition coefficient (Wildman–Crippen LogP) is 3.83. The predicted molar refractivity (Wildman–Crippen MR) is 58.6 cm³/mol. The molecule has 0 rings (SSSR count). The van der Waals surface area contributed by atoms with Crippen LogP contribution in [0.2, 0.25) is 0 Å². The maximum Gasteiger partial charge on any atom is 0.0266 e. The van der Waals surface area contributed by atoms with Gasteiger partial charge in [-0.05, 0) is 18.9 Å². The van der Waals surface area contributed by atoms with Crippen molar-refractivity contribution in [3.05, 3.63) is 24.9 Å². The third-order valence-corrected chi connectivity index (χ3v) is 1.34. The standard InChI is InChI=1S/C9H15N.C2H6/c1-5-6-7-10-9(4)8(2)3;1-2/h5-8H,1H2,2-4H3;1-2H3/b7-6-,10-9?;. The molecule has 0 heterocycles. The van der Waals surface area contributed by atoms with Crippen LogP contribution >= 0.6 is 0 Å². The van der Waals surface area contributed by atoms with Crippen molar-refractivity contribution in [1.29, 1.82) is 0 Å². The van der Waals surface area contributed by atoms with Crippen molar-refractivity contribution < 1.29 is 0 Å². The van der Waals surface area contributed by atoms with Crippen molar-refractivity contribution in [2.45, 2.75) is 34.6 Å². The third kappa shape index (κ3) is 9.15. The summed E-state index contributed by atoms with van der Waals surface area (Å²) in [6, 6.07) is 0. The largest absolute Gasteiger partial charge is 0.266 e. The number of aliphatic imine (C=N–C) groups is 1. The fourth-order valence-corrected chi connectivity index (χ4v) is 0.371. The van der Waals surface area contributed by atoms with Crippen molar-refractivity contribution in [1.82, 2.24) is 0 Å². The monoisotopic (exact) mass is 167 g/mol. The van der Waals surface area contributed by atoms with E-state index in [0.717, 1.165) is 5.71 Å². The van der Waals surface area contributed by atoms with Crippen LogP contribution < -0.4 is 0 Å². The lowest BCUT2D eigenvalue weighted by Crippen LogP contribution is -1.99. The molecule has 0 aliphatic rings. The molecule has 0 radical (unpaired) electrons. The summed E-state index contributed by atoms with van der Waals surface area (Å²) >= 11 is 0. The van der Waals surface area contributed by atoms with Gasteiger partial charge in [0.2, 0.25) is 0 Å². The number of hydrogen-bond donors (Lipinski definition) is 0. The highest BCUT2D eigenvalue weighted by molar-refractivity contribution is 5.84. The third-order valence-electron chi connectivity index (χ3n) is 1.34. The summed E-state index contributed by atoms with van der Waals surface area (Å²) in [5, 5.41) is 0. The summed E-state index contributed by atoms with van der Waals surface area (Å²) in [7, 11) is 0. The SMILES string of the molecule is C=C/C=C\N=C(C)C(C)C.CC. The Hall–Kier alpha value is -0.850. The highest BCUT2D eigenvalue weighted by atomic mass is 14.7. The smallest absolute Gasteiger partial charge is 0.0266 e. The molecule has 0 unspecified atom stereocenters. The average molecular weight is 167 g/mol. The number of rotatable bonds is 3. The molecule has 0 saturated heterocycles. The van der Waals surface area contributed by atoms with E-state index in [-0.39, 0.29) is 0 Å². The molecule has 0 N–H and O–H groups in total. The summed E-state index contributed by atoms with van der Waals surface area (Å²) in [6.07, 6.45) is 5.31. The van der Waals surface area contributed by atoms with Crippen LogP contribution in [-0.4, -0.2) is 5.71 Å². The van der Waals surface area contributed by atoms with Crippen LogP contribution in [0.15, 0.2) is 29.9 Å². The normalized spacial score (nSPS) is 11.3. The van der Waals surface area contributed by atoms with Crippen molar-refractivity contribution in [3.8, 4) is 0 Å². The molecule has 0 amide bonds. The quantitative estimate of drug-likeness (QED) is 0.447. The van der Waals surface area contributed by atoms with Crippen molar-refractivity contribution in [2.24, 2.45) is 10.9 Å². The van der Waals surface area contributed by atoms with Gasteiger partial charge >= 0.3 is 0 Å². The van der Waals surface area contributed by atoms with Crippen LogP contribution in [0.4, 0.5) is 0 Å². The molecule has 0 saturated carbocycles. The lowest BCUT2D eigenvalue weighted by atomic mass is 10.1. The summed E-state index contributed by atoms with van der Waals surface area (Å²) in [5.74, 6) is 0.537. The Bertz CT molecular complexity index is 152. The maximum atomic E-state index is 4.18. The average Bonchev–Trinajstić information content (AvgIpc) is 2.08. The van der Waals surface area contributed by atoms with Crippen molar-refractivity contribution >= 4 is 5.71 Å². The number of nitrogens with zero attached hydrogens (tertiary/aromatic N) is 1. The molecule has 0 aromatic rings. The van der Waals surface area contributed by atoms with E-state index >= 15 is 0 Å². The van der Waals surface area contributed by atoms with Gasteiger partial charge in [-0.15, -0.1) is 0 Å². The second-order valence-corrected chi connectivity index (χ2v) is 2.50. The first-order valence-electron chi connectivity index (χ1n) is 4.50. The molecule has 0 aliphatic heterocycles. The van der Waals surface area contributed by atoms with Crippen LogP contribution in [0.5, 0.6) is 0 Å². The zero-order chi connectivity index (χ0) is 9.98. The van der Waals surface area contributed by atoms with Gasteiger partial charge in [-0.1, -0.05) is 40.3 Å². The molecule has 1 nitrogen and oxygen atoms in total. The summed E-state index contributed by atoms with van der Waals surface area (Å²) in [5.41, 5.74) is 1.15. The molecule has 0 spiro atoms. The highest BCUT2D eigenvalue weighted by Crippen LogP contribution is 1.95. The minimum absolute atomic E-state index is 0.537. The first-order valence-corrected chi connectivity index (χ1v) is 4.50. The van der Waals surface area contributed by atoms with Gasteiger partial charge in [-0.3, -0.25) is 4.99 Å². The van der Waals surface area contributed by atoms with E-state index in [2.05, 4.69) is 25.4 Å². The molecule has 12 heavy (non-hydrogen) atoms. The second-order valence-electron chi connectivity index (χ2n) is 2.50. The minimum Gasteiger partial charge on any atom is -0.266 e. The lowest BCUT2D eigenvalue weighted by Gasteiger charge is -1.99. The van der Waals surface area contributed by atoms with Crippen LogP contribution in [0.1, 0.15) is 34.6 Å². The van der Waals surface area contributed by atoms with Gasteiger partial charge in [0, 0.05) is 11.9 Å². The second kappa shape index (κ2) is 10.2. The Morgan fingerprint density at radius 1 is 1.33 bits per heavy atom. The number of hydrogen-bond acceptors (Lipinski definition) is 1. The van der Waals surface area contributed by atoms with Crippen LogP contribution in [0.3, 0.4) is 0 Å². The van der Waals surface area contributed by atoms with Crippen LogP contribution in [-0.2, 0) is 0 Å². The zero-order valence-corrected chi connectivity index (χ0v) is 8.96. The molecular formula is C11H21N. The molecule has 0 aromatic carbocycles. The lowest BCUT2D eigenvalue weighted by molar-refractivity contribution is 0.878. The summed E-state index contributed by atoms with van der Waals surface area (Å²) in [4.78, 5) is 4.18. The Morgan fingerprint density at radius 3 is 2.17 bits per heavy atom. The molecule has 70 valence electrons. The van der Waals surface area contributed by atoms with Gasteiger partial charge in [0.25, 0.3) is 0 Å². The molecule has 0 aromatic heterocycles. The van der Waals surface area contributed by atoms with E-state index in [0.29, 0.717) is 5.92 Å². The summed E-state index contributed by atoms with van der Waals surface area (Å²) < 4.78 is 0. The number of allylic oxidation sites excluding steroid dienone is 2. The Kier molecular flexibility index (Phi) is 11.6. The first kappa shape index (κ1) is 13.7. The maximum absolute atomic E-state index is 4.18. The van der Waals surface area contributed by atoms with Gasteiger partial charge in [0.15, 0.2) is 0 Å². The van der Waals surface area contributed by atoms with E-state index in [9.17, 15) is 0 Å². The van der Waals surface area contributed by atoms with Gasteiger partial charge in [-0.25, -0.2) is 0 Å². The van der Waals surface area contributed by atoms with Gasteiger partial charge in [0.05, 0.1) is 0 Å². The molecule has 0 atom stereocenters. The Labute approximate surface area is 76.9 Å². The topological polar surface area (TPSA) is 12.4 Å². The minimum atomic E-state index is 0.537. The van der Waals surface area contributed by atoms with E-state index < -0.39 is 0 Å². The molecule has 0 aliphatic carbocycles. The first-order chi connectivity index (χ1) is 5.68. The van der Waals surface area contributed by atoms with Crippen molar-refractivity contribution in [2.75, 3.05) is 0 Å².